The minimum atomic E-state index is -2.48. The summed E-state index contributed by atoms with van der Waals surface area (Å²) in [6, 6.07) is 15.4. The van der Waals surface area contributed by atoms with Gasteiger partial charge in [-0.25, -0.2) is 8.78 Å². The van der Waals surface area contributed by atoms with E-state index in [1.165, 1.54) is 0 Å². The fourth-order valence-corrected chi connectivity index (χ4v) is 3.27. The first kappa shape index (κ1) is 18.1. The van der Waals surface area contributed by atoms with Gasteiger partial charge in [0.1, 0.15) is 12.1 Å². The van der Waals surface area contributed by atoms with Crippen molar-refractivity contribution in [3.63, 3.8) is 0 Å². The van der Waals surface area contributed by atoms with E-state index in [9.17, 15) is 19.3 Å². The summed E-state index contributed by atoms with van der Waals surface area (Å²) in [5.74, 6) is 0. The van der Waals surface area contributed by atoms with Gasteiger partial charge in [-0.15, -0.1) is 0 Å². The van der Waals surface area contributed by atoms with Gasteiger partial charge in [-0.2, -0.15) is 10.5 Å². The lowest BCUT2D eigenvalue weighted by Gasteiger charge is -2.13. The molecule has 0 spiro atoms. The molecule has 0 bridgehead atoms. The molecule has 128 valence electrons. The molecule has 0 atom stereocenters. The Bertz CT molecular complexity index is 1100. The molecule has 0 unspecified atom stereocenters. The van der Waals surface area contributed by atoms with E-state index < -0.39 is 12.8 Å². The monoisotopic (exact) mass is 386 g/mol. The van der Waals surface area contributed by atoms with E-state index in [-0.39, 0.29) is 11.1 Å². The molecule has 3 aromatic carbocycles. The number of hydrogen-bond donors (Lipinski definition) is 0. The molecule has 0 aromatic heterocycles. The van der Waals surface area contributed by atoms with E-state index in [1.807, 2.05) is 6.07 Å². The molecule has 26 heavy (non-hydrogen) atoms. The second-order valence-corrected chi connectivity index (χ2v) is 6.50. The van der Waals surface area contributed by atoms with E-state index in [0.717, 1.165) is 0 Å². The van der Waals surface area contributed by atoms with E-state index in [4.69, 9.17) is 23.2 Å². The van der Waals surface area contributed by atoms with Gasteiger partial charge < -0.3 is 0 Å². The highest BCUT2D eigenvalue weighted by Gasteiger charge is 2.17. The van der Waals surface area contributed by atoms with Gasteiger partial charge in [0, 0.05) is 12.0 Å². The third kappa shape index (κ3) is 3.35. The minimum absolute atomic E-state index is 0.174. The van der Waals surface area contributed by atoms with Gasteiger partial charge in [0.05, 0.1) is 21.2 Å². The summed E-state index contributed by atoms with van der Waals surface area (Å²) in [5, 5.41) is 20.9. The Morgan fingerprint density at radius 1 is 0.962 bits per heavy atom. The summed E-state index contributed by atoms with van der Waals surface area (Å²) in [7, 11) is 0. The van der Waals surface area contributed by atoms with Crippen LogP contribution in [0.2, 0.25) is 10.0 Å². The fraction of sp³-hybridized carbons (Fsp3) is 0.100. The molecule has 0 saturated heterocycles. The highest BCUT2D eigenvalue weighted by molar-refractivity contribution is 6.43. The minimum Gasteiger partial charge on any atom is -0.210 e. The quantitative estimate of drug-likeness (QED) is 0.525. The smallest absolute Gasteiger partial charge is 0.210 e. The lowest BCUT2D eigenvalue weighted by atomic mass is 9.89. The molecule has 3 aromatic rings. The molecule has 0 fully saturated rings. The number of rotatable bonds is 3. The van der Waals surface area contributed by atoms with Crippen LogP contribution in [-0.2, 0) is 6.42 Å². The maximum atomic E-state index is 12.7. The normalized spacial score (nSPS) is 10.7. The number of benzene rings is 3. The maximum absolute atomic E-state index is 12.7. The first-order valence-electron chi connectivity index (χ1n) is 7.58. The third-order valence-corrected chi connectivity index (χ3v) is 4.74. The maximum Gasteiger partial charge on any atom is 0.242 e. The van der Waals surface area contributed by atoms with E-state index in [0.29, 0.717) is 37.5 Å². The second kappa shape index (κ2) is 7.30. The van der Waals surface area contributed by atoms with E-state index in [1.54, 1.807) is 42.5 Å². The average molecular weight is 387 g/mol. The highest BCUT2D eigenvalue weighted by atomic mass is 35.5. The number of hydrogen-bond acceptors (Lipinski definition) is 2. The summed E-state index contributed by atoms with van der Waals surface area (Å²) < 4.78 is 25.5. The van der Waals surface area contributed by atoms with Crippen LogP contribution in [0.15, 0.2) is 42.5 Å². The number of halogens is 4. The van der Waals surface area contributed by atoms with Crippen molar-refractivity contribution in [3.05, 3.63) is 69.2 Å². The largest absolute Gasteiger partial charge is 0.242 e. The Balaban J connectivity index is 2.39. The third-order valence-electron chi connectivity index (χ3n) is 4.02. The first-order chi connectivity index (χ1) is 12.4. The van der Waals surface area contributed by atoms with Gasteiger partial charge in [-0.3, -0.25) is 0 Å². The lowest BCUT2D eigenvalue weighted by molar-refractivity contribution is 0.149. The topological polar surface area (TPSA) is 47.6 Å². The Hall–Kier alpha value is -2.66. The zero-order valence-corrected chi connectivity index (χ0v) is 14.7. The van der Waals surface area contributed by atoms with Crippen LogP contribution in [0.1, 0.15) is 16.7 Å². The van der Waals surface area contributed by atoms with Gasteiger partial charge in [0.15, 0.2) is 0 Å². The van der Waals surface area contributed by atoms with Crippen LogP contribution in [0.25, 0.3) is 21.9 Å². The predicted octanol–water partition coefficient (Wildman–Crippen LogP) is 6.36. The molecule has 0 aliphatic rings. The summed E-state index contributed by atoms with van der Waals surface area (Å²) in [5.41, 5.74) is 1.86. The van der Waals surface area contributed by atoms with Gasteiger partial charge in [-0.1, -0.05) is 47.5 Å². The molecule has 0 heterocycles. The molecule has 0 amide bonds. The van der Waals surface area contributed by atoms with Crippen LogP contribution in [0.5, 0.6) is 0 Å². The molecule has 0 radical (unpaired) electrons. The van der Waals surface area contributed by atoms with Crippen LogP contribution >= 0.6 is 23.2 Å². The zero-order valence-electron chi connectivity index (χ0n) is 13.2. The molecule has 3 rings (SSSR count). The molecule has 0 saturated carbocycles. The van der Waals surface area contributed by atoms with E-state index in [2.05, 4.69) is 6.07 Å². The van der Waals surface area contributed by atoms with Crippen molar-refractivity contribution in [2.24, 2.45) is 0 Å². The van der Waals surface area contributed by atoms with Crippen molar-refractivity contribution in [2.75, 3.05) is 0 Å². The molecular weight excluding hydrogens is 377 g/mol. The number of nitriles is 2. The zero-order chi connectivity index (χ0) is 18.8. The van der Waals surface area contributed by atoms with Gasteiger partial charge in [-0.05, 0) is 40.1 Å². The van der Waals surface area contributed by atoms with Crippen molar-refractivity contribution in [3.8, 4) is 23.3 Å². The van der Waals surface area contributed by atoms with Crippen LogP contribution < -0.4 is 0 Å². The van der Waals surface area contributed by atoms with Crippen molar-refractivity contribution in [2.45, 2.75) is 12.8 Å². The van der Waals surface area contributed by atoms with Gasteiger partial charge in [0.2, 0.25) is 6.43 Å². The molecule has 6 heteroatoms. The Labute approximate surface area is 158 Å². The number of alkyl halides is 2. The van der Waals surface area contributed by atoms with Gasteiger partial charge >= 0.3 is 0 Å². The second-order valence-electron chi connectivity index (χ2n) is 5.68. The lowest BCUT2D eigenvalue weighted by Crippen LogP contribution is -1.98. The summed E-state index contributed by atoms with van der Waals surface area (Å²) in [6.45, 7) is 0. The van der Waals surface area contributed by atoms with Crippen molar-refractivity contribution in [1.82, 2.24) is 0 Å². The molecule has 2 nitrogen and oxygen atoms in total. The Kier molecular flexibility index (Phi) is 5.09. The SMILES string of the molecule is N#Cc1cc2cc(Cl)c(Cl)cc2c(-c2cccc(CC(F)F)c2)c1C#N. The van der Waals surface area contributed by atoms with Crippen LogP contribution in [-0.4, -0.2) is 6.43 Å². The molecular formula is C20H10Cl2F2N2. The first-order valence-corrected chi connectivity index (χ1v) is 8.33. The van der Waals surface area contributed by atoms with Gasteiger partial charge in [0.25, 0.3) is 0 Å². The highest BCUT2D eigenvalue weighted by Crippen LogP contribution is 2.38. The Morgan fingerprint density at radius 2 is 1.69 bits per heavy atom. The summed E-state index contributed by atoms with van der Waals surface area (Å²) in [4.78, 5) is 0. The van der Waals surface area contributed by atoms with Crippen molar-refractivity contribution >= 4 is 34.0 Å². The Morgan fingerprint density at radius 3 is 2.35 bits per heavy atom. The fourth-order valence-electron chi connectivity index (χ4n) is 2.93. The molecule has 0 aliphatic carbocycles. The average Bonchev–Trinajstić information content (AvgIpc) is 2.61. The number of nitrogens with zero attached hydrogens (tertiary/aromatic N) is 2. The van der Waals surface area contributed by atoms with Crippen molar-refractivity contribution in [1.29, 1.82) is 10.5 Å². The standard InChI is InChI=1S/C20H10Cl2F2N2/c21-17-7-13-6-14(9-25)16(10-26)20(15(13)8-18(17)22)12-3-1-2-11(4-12)5-19(23)24/h1-4,6-8,19H,5H2. The molecule has 0 aliphatic heterocycles. The van der Waals surface area contributed by atoms with E-state index >= 15 is 0 Å². The van der Waals surface area contributed by atoms with Crippen LogP contribution in [0.3, 0.4) is 0 Å². The van der Waals surface area contributed by atoms with Crippen LogP contribution in [0.4, 0.5) is 8.78 Å². The van der Waals surface area contributed by atoms with Crippen molar-refractivity contribution < 1.29 is 8.78 Å². The van der Waals surface area contributed by atoms with Crippen LogP contribution in [0, 0.1) is 22.7 Å². The molecule has 0 N–H and O–H groups in total. The summed E-state index contributed by atoms with van der Waals surface area (Å²) >= 11 is 12.2. The number of fused-ring (bicyclic) bond motifs is 1. The summed E-state index contributed by atoms with van der Waals surface area (Å²) in [6.07, 6.45) is -2.87. The predicted molar refractivity (Wildman–Crippen MR) is 98.5 cm³/mol.